The maximum atomic E-state index is 15.7. The van der Waals surface area contributed by atoms with E-state index in [1.807, 2.05) is 0 Å². The first-order chi connectivity index (χ1) is 17.7. The number of aliphatic hydroxyl groups is 1. The molecule has 1 aliphatic heterocycles. The van der Waals surface area contributed by atoms with Gasteiger partial charge in [0.15, 0.2) is 18.0 Å². The Balaban J connectivity index is 1.77. The lowest BCUT2D eigenvalue weighted by Gasteiger charge is -2.27. The average Bonchev–Trinajstić information content (AvgIpc) is 2.99. The maximum Gasteiger partial charge on any atom is 0.459 e. The van der Waals surface area contributed by atoms with Gasteiger partial charge in [-0.1, -0.05) is 18.2 Å². The van der Waals surface area contributed by atoms with Crippen LogP contribution in [0.1, 0.15) is 40.3 Å². The minimum absolute atomic E-state index is 0.117. The number of ether oxygens (including phenoxy) is 2. The highest BCUT2D eigenvalue weighted by Gasteiger charge is 2.64. The molecule has 2 heterocycles. The van der Waals surface area contributed by atoms with Crippen LogP contribution in [0.3, 0.4) is 0 Å². The van der Waals surface area contributed by atoms with Crippen molar-refractivity contribution in [2.75, 3.05) is 12.3 Å². The second kappa shape index (κ2) is 11.5. The van der Waals surface area contributed by atoms with Crippen molar-refractivity contribution in [3.8, 4) is 5.75 Å². The molecule has 0 amide bonds. The van der Waals surface area contributed by atoms with E-state index in [-0.39, 0.29) is 11.6 Å². The monoisotopic (exact) mass is 560 g/mol. The van der Waals surface area contributed by atoms with E-state index in [9.17, 15) is 19.3 Å². The van der Waals surface area contributed by atoms with Gasteiger partial charge in [0.25, 0.3) is 0 Å². The number of para-hydroxylation sites is 1. The molecule has 38 heavy (non-hydrogen) atoms. The Hall–Kier alpha value is -2.90. The summed E-state index contributed by atoms with van der Waals surface area (Å²) >= 11 is 0. The summed E-state index contributed by atoms with van der Waals surface area (Å²) in [5, 5.41) is 12.9. The maximum absolute atomic E-state index is 15.7. The molecule has 1 unspecified atom stereocenters. The topological polar surface area (TPSA) is 164 Å². The first-order valence-corrected chi connectivity index (χ1v) is 13.3. The average molecular weight is 560 g/mol. The molecule has 1 fully saturated rings. The summed E-state index contributed by atoms with van der Waals surface area (Å²) < 4.78 is 66.4. The van der Waals surface area contributed by atoms with Crippen LogP contribution in [-0.2, 0) is 23.4 Å². The van der Waals surface area contributed by atoms with Gasteiger partial charge in [0, 0.05) is 12.6 Å². The molecule has 0 bridgehead atoms. The van der Waals surface area contributed by atoms with Crippen LogP contribution in [-0.4, -0.2) is 57.0 Å². The van der Waals surface area contributed by atoms with Gasteiger partial charge < -0.3 is 24.8 Å². The van der Waals surface area contributed by atoms with Crippen LogP contribution < -0.4 is 21.0 Å². The van der Waals surface area contributed by atoms with E-state index in [2.05, 4.69) is 10.1 Å². The quantitative estimate of drug-likeness (QED) is 0.273. The molecule has 12 nitrogen and oxygen atoms in total. The lowest BCUT2D eigenvalue weighted by molar-refractivity contribution is -0.194. The summed E-state index contributed by atoms with van der Waals surface area (Å²) in [6, 6.07) is 7.88. The molecule has 1 aliphatic rings. The summed E-state index contributed by atoms with van der Waals surface area (Å²) in [6.07, 6.45) is -4.46. The highest BCUT2D eigenvalue weighted by Crippen LogP contribution is 2.50. The van der Waals surface area contributed by atoms with Crippen LogP contribution in [0.15, 0.2) is 47.4 Å². The molecule has 1 aromatic carbocycles. The lowest BCUT2D eigenvalue weighted by atomic mass is 9.95. The zero-order valence-corrected chi connectivity index (χ0v) is 22.1. The number of alkyl halides is 2. The van der Waals surface area contributed by atoms with Crippen molar-refractivity contribution in [2.45, 2.75) is 70.1 Å². The van der Waals surface area contributed by atoms with E-state index in [1.165, 1.54) is 25.1 Å². The number of hydrogen-bond acceptors (Lipinski definition) is 10. The Morgan fingerprint density at radius 2 is 1.95 bits per heavy atom. The van der Waals surface area contributed by atoms with Crippen molar-refractivity contribution in [3.05, 3.63) is 53.1 Å². The Labute approximate surface area is 217 Å². The predicted molar refractivity (Wildman–Crippen MR) is 131 cm³/mol. The van der Waals surface area contributed by atoms with E-state index in [4.69, 9.17) is 24.3 Å². The standard InChI is InChI=1S/C23H31F2N4O8P/c1-14(2)35-18(30)15(3)28-38(33,37-16-8-6-5-7-9-16)34-13-11-23(25)19(31)22(4,24)20(36-23)29-12-10-17(26)27-21(29)32/h5-10,12,14-15,19-20,31H,11,13H2,1-4H3,(H,28,33)(H2,26,27,32)/t15-,19-,20+,22+,23+,38?/m0/s1. The van der Waals surface area contributed by atoms with Crippen LogP contribution >= 0.6 is 7.75 Å². The van der Waals surface area contributed by atoms with E-state index in [0.29, 0.717) is 4.57 Å². The van der Waals surface area contributed by atoms with Crippen LogP contribution in [0.5, 0.6) is 5.75 Å². The van der Waals surface area contributed by atoms with Gasteiger partial charge in [0.05, 0.1) is 12.7 Å². The van der Waals surface area contributed by atoms with Gasteiger partial charge in [-0.15, -0.1) is 0 Å². The van der Waals surface area contributed by atoms with Gasteiger partial charge in [-0.3, -0.25) is 13.9 Å². The van der Waals surface area contributed by atoms with Crippen molar-refractivity contribution in [1.29, 1.82) is 0 Å². The van der Waals surface area contributed by atoms with E-state index in [1.54, 1.807) is 32.0 Å². The van der Waals surface area contributed by atoms with E-state index in [0.717, 1.165) is 13.1 Å². The van der Waals surface area contributed by atoms with Gasteiger partial charge in [0.2, 0.25) is 5.85 Å². The zero-order valence-electron chi connectivity index (χ0n) is 21.2. The van der Waals surface area contributed by atoms with Gasteiger partial charge >= 0.3 is 19.4 Å². The summed E-state index contributed by atoms with van der Waals surface area (Å²) in [5.74, 6) is -3.82. The number of hydrogen-bond donors (Lipinski definition) is 3. The Morgan fingerprint density at radius 1 is 1.29 bits per heavy atom. The summed E-state index contributed by atoms with van der Waals surface area (Å²) in [4.78, 5) is 27.9. The number of anilines is 1. The molecular weight excluding hydrogens is 529 g/mol. The number of halogens is 2. The molecule has 210 valence electrons. The minimum Gasteiger partial charge on any atom is -0.462 e. The van der Waals surface area contributed by atoms with Crippen LogP contribution in [0.2, 0.25) is 0 Å². The Kier molecular flexibility index (Phi) is 8.94. The number of carbonyl (C=O) groups is 1. The fraction of sp³-hybridized carbons (Fsp3) is 0.522. The highest BCUT2D eigenvalue weighted by molar-refractivity contribution is 7.52. The fourth-order valence-electron chi connectivity index (χ4n) is 3.69. The van der Waals surface area contributed by atoms with Crippen molar-refractivity contribution in [2.24, 2.45) is 0 Å². The largest absolute Gasteiger partial charge is 0.462 e. The molecule has 15 heteroatoms. The summed E-state index contributed by atoms with van der Waals surface area (Å²) in [6.45, 7) is 4.78. The molecular formula is C23H31F2N4O8P. The van der Waals surface area contributed by atoms with Crippen molar-refractivity contribution in [1.82, 2.24) is 14.6 Å². The number of nitrogen functional groups attached to an aromatic ring is 1. The minimum atomic E-state index is -4.35. The number of aromatic nitrogens is 2. The normalized spacial score (nSPS) is 27.6. The zero-order chi connectivity index (χ0) is 28.3. The Morgan fingerprint density at radius 3 is 2.55 bits per heavy atom. The van der Waals surface area contributed by atoms with Crippen LogP contribution in [0.4, 0.5) is 14.6 Å². The number of esters is 1. The number of nitrogens with zero attached hydrogens (tertiary/aromatic N) is 2. The number of rotatable bonds is 11. The SMILES string of the molecule is CC(C)OC(=O)[C@H](C)NP(=O)(OCC[C@@]1(F)O[C@@H](n2ccc(N)nc2=O)[C@](C)(F)[C@@H]1O)Oc1ccccc1. The highest BCUT2D eigenvalue weighted by atomic mass is 31.2. The van der Waals surface area contributed by atoms with E-state index >= 15 is 8.78 Å². The number of aliphatic hydroxyl groups excluding tert-OH is 1. The number of nitrogens with two attached hydrogens (primary N) is 1. The molecule has 4 N–H and O–H groups in total. The number of nitrogens with one attached hydrogen (secondary N) is 1. The van der Waals surface area contributed by atoms with Gasteiger partial charge in [0.1, 0.15) is 17.6 Å². The summed E-state index contributed by atoms with van der Waals surface area (Å²) in [5.41, 5.74) is 1.66. The number of benzene rings is 1. The van der Waals surface area contributed by atoms with Crippen molar-refractivity contribution in [3.63, 3.8) is 0 Å². The van der Waals surface area contributed by atoms with Crippen molar-refractivity contribution < 1.29 is 41.8 Å². The van der Waals surface area contributed by atoms with Gasteiger partial charge in [-0.05, 0) is 45.9 Å². The summed E-state index contributed by atoms with van der Waals surface area (Å²) in [7, 11) is -4.35. The molecule has 0 radical (unpaired) electrons. The lowest BCUT2D eigenvalue weighted by Crippen LogP contribution is -2.45. The predicted octanol–water partition coefficient (Wildman–Crippen LogP) is 2.63. The van der Waals surface area contributed by atoms with Crippen LogP contribution in [0.25, 0.3) is 0 Å². The second-order valence-corrected chi connectivity index (χ2v) is 10.9. The third kappa shape index (κ3) is 6.75. The molecule has 6 atom stereocenters. The molecule has 0 aliphatic carbocycles. The molecule has 1 saturated heterocycles. The first-order valence-electron chi connectivity index (χ1n) is 11.7. The molecule has 0 spiro atoms. The van der Waals surface area contributed by atoms with Crippen molar-refractivity contribution >= 4 is 19.5 Å². The van der Waals surface area contributed by atoms with Crippen LogP contribution in [0, 0.1) is 0 Å². The third-order valence-corrected chi connectivity index (χ3v) is 7.24. The molecule has 1 aromatic heterocycles. The molecule has 0 saturated carbocycles. The molecule has 2 aromatic rings. The third-order valence-electron chi connectivity index (χ3n) is 5.57. The first kappa shape index (κ1) is 29.7. The second-order valence-electron chi connectivity index (χ2n) is 9.17. The van der Waals surface area contributed by atoms with Gasteiger partial charge in [-0.25, -0.2) is 18.1 Å². The smallest absolute Gasteiger partial charge is 0.459 e. The Bertz CT molecular complexity index is 1230. The molecule has 3 rings (SSSR count). The fourth-order valence-corrected chi connectivity index (χ4v) is 5.18. The number of carbonyl (C=O) groups excluding carboxylic acids is 1. The van der Waals surface area contributed by atoms with Gasteiger partial charge in [-0.2, -0.15) is 10.1 Å². The van der Waals surface area contributed by atoms with E-state index < -0.39 is 68.4 Å².